The summed E-state index contributed by atoms with van der Waals surface area (Å²) in [4.78, 5) is 23.6. The first kappa shape index (κ1) is 14.1. The van der Waals surface area contributed by atoms with Crippen molar-refractivity contribution < 1.29 is 0 Å². The van der Waals surface area contributed by atoms with E-state index in [1.807, 2.05) is 36.4 Å². The van der Waals surface area contributed by atoms with Crippen LogP contribution in [0.25, 0.3) is 21.1 Å². The molecule has 0 saturated carbocycles. The van der Waals surface area contributed by atoms with Crippen LogP contribution >= 0.6 is 11.3 Å². The number of hydrogen-bond donors (Lipinski definition) is 0. The van der Waals surface area contributed by atoms with Crippen molar-refractivity contribution in [2.45, 2.75) is 19.9 Å². The number of aryl methyl sites for hydroxylation is 1. The quantitative estimate of drug-likeness (QED) is 0.579. The molecule has 4 nitrogen and oxygen atoms in total. The predicted molar refractivity (Wildman–Crippen MR) is 94.1 cm³/mol. The van der Waals surface area contributed by atoms with Crippen LogP contribution in [0.5, 0.6) is 0 Å². The molecule has 0 aliphatic carbocycles. The Morgan fingerprint density at radius 2 is 2.04 bits per heavy atom. The monoisotopic (exact) mass is 321 g/mol. The maximum absolute atomic E-state index is 12.7. The molecule has 0 saturated heterocycles. The normalized spacial score (nSPS) is 11.3. The summed E-state index contributed by atoms with van der Waals surface area (Å²) in [6, 6.07) is 12.0. The van der Waals surface area contributed by atoms with E-state index < -0.39 is 0 Å². The number of rotatable bonds is 3. The van der Waals surface area contributed by atoms with Crippen molar-refractivity contribution in [1.29, 1.82) is 0 Å². The Morgan fingerprint density at radius 1 is 1.17 bits per heavy atom. The van der Waals surface area contributed by atoms with Crippen molar-refractivity contribution >= 4 is 32.5 Å². The lowest BCUT2D eigenvalue weighted by Gasteiger charge is -2.08. The van der Waals surface area contributed by atoms with Gasteiger partial charge >= 0.3 is 0 Å². The summed E-state index contributed by atoms with van der Waals surface area (Å²) in [5, 5.41) is 1.79. The second-order valence-corrected chi connectivity index (χ2v) is 6.57. The fourth-order valence-corrected chi connectivity index (χ4v) is 3.70. The number of thiophene rings is 1. The molecular weight excluding hydrogens is 306 g/mol. The van der Waals surface area contributed by atoms with Crippen molar-refractivity contribution in [3.05, 3.63) is 69.7 Å². The van der Waals surface area contributed by atoms with Gasteiger partial charge in [0, 0.05) is 16.5 Å². The van der Waals surface area contributed by atoms with E-state index in [4.69, 9.17) is 0 Å². The summed E-state index contributed by atoms with van der Waals surface area (Å²) >= 11 is 1.59. The second kappa shape index (κ2) is 5.59. The van der Waals surface area contributed by atoms with E-state index in [9.17, 15) is 4.79 Å². The van der Waals surface area contributed by atoms with Gasteiger partial charge in [0.25, 0.3) is 5.56 Å². The van der Waals surface area contributed by atoms with Gasteiger partial charge in [0.05, 0.1) is 23.8 Å². The third-order valence-corrected chi connectivity index (χ3v) is 5.16. The molecular formula is C18H15N3OS. The van der Waals surface area contributed by atoms with Crippen molar-refractivity contribution in [2.24, 2.45) is 0 Å². The van der Waals surface area contributed by atoms with Gasteiger partial charge in [-0.3, -0.25) is 14.3 Å². The smallest absolute Gasteiger partial charge is 0.262 e. The highest BCUT2D eigenvalue weighted by molar-refractivity contribution is 7.18. The van der Waals surface area contributed by atoms with Gasteiger partial charge in [-0.15, -0.1) is 11.3 Å². The number of hydrogen-bond acceptors (Lipinski definition) is 4. The molecule has 0 radical (unpaired) electrons. The van der Waals surface area contributed by atoms with Gasteiger partial charge < -0.3 is 0 Å². The topological polar surface area (TPSA) is 47.8 Å². The zero-order chi connectivity index (χ0) is 15.8. The molecule has 3 heterocycles. The third kappa shape index (κ3) is 2.43. The average Bonchev–Trinajstić information content (AvgIpc) is 3.02. The van der Waals surface area contributed by atoms with E-state index >= 15 is 0 Å². The maximum Gasteiger partial charge on any atom is 0.262 e. The zero-order valence-corrected chi connectivity index (χ0v) is 13.5. The summed E-state index contributed by atoms with van der Waals surface area (Å²) in [5.74, 6) is 0. The standard InChI is InChI=1S/C18H15N3OS/c1-2-14-9-15-17(23-14)20-11-21(18(15)22)10-13-6-3-5-12-7-4-8-19-16(12)13/h3-9,11H,2,10H2,1H3. The molecule has 0 aliphatic heterocycles. The molecule has 0 unspecified atom stereocenters. The third-order valence-electron chi connectivity index (χ3n) is 3.97. The first-order valence-corrected chi connectivity index (χ1v) is 8.38. The molecule has 114 valence electrons. The average molecular weight is 321 g/mol. The molecule has 0 atom stereocenters. The van der Waals surface area contributed by atoms with E-state index in [1.165, 1.54) is 4.88 Å². The van der Waals surface area contributed by atoms with Crippen molar-refractivity contribution in [2.75, 3.05) is 0 Å². The molecule has 0 amide bonds. The lowest BCUT2D eigenvalue weighted by atomic mass is 10.1. The van der Waals surface area contributed by atoms with Gasteiger partial charge in [-0.2, -0.15) is 0 Å². The fraction of sp³-hybridized carbons (Fsp3) is 0.167. The number of para-hydroxylation sites is 1. The van der Waals surface area contributed by atoms with E-state index in [1.54, 1.807) is 28.4 Å². The Balaban J connectivity index is 1.83. The van der Waals surface area contributed by atoms with E-state index in [2.05, 4.69) is 16.9 Å². The summed E-state index contributed by atoms with van der Waals surface area (Å²) in [6.07, 6.45) is 4.35. The number of aromatic nitrogens is 3. The Labute approximate surface area is 137 Å². The molecule has 0 N–H and O–H groups in total. The van der Waals surface area contributed by atoms with Gasteiger partial charge in [0.15, 0.2) is 0 Å². The van der Waals surface area contributed by atoms with Gasteiger partial charge in [-0.05, 0) is 24.1 Å². The van der Waals surface area contributed by atoms with Crippen LogP contribution in [0.3, 0.4) is 0 Å². The molecule has 23 heavy (non-hydrogen) atoms. The minimum Gasteiger partial charge on any atom is -0.294 e. The highest BCUT2D eigenvalue weighted by Crippen LogP contribution is 2.22. The molecule has 3 aromatic heterocycles. The lowest BCUT2D eigenvalue weighted by Crippen LogP contribution is -2.20. The zero-order valence-electron chi connectivity index (χ0n) is 12.7. The van der Waals surface area contributed by atoms with Crippen LogP contribution in [-0.4, -0.2) is 14.5 Å². The summed E-state index contributed by atoms with van der Waals surface area (Å²) in [6.45, 7) is 2.57. The molecule has 0 spiro atoms. The first-order valence-electron chi connectivity index (χ1n) is 7.56. The Bertz CT molecular complexity index is 1060. The predicted octanol–water partition coefficient (Wildman–Crippen LogP) is 3.62. The van der Waals surface area contributed by atoms with Gasteiger partial charge in [0.2, 0.25) is 0 Å². The molecule has 5 heteroatoms. The molecule has 0 fully saturated rings. The van der Waals surface area contributed by atoms with Gasteiger partial charge in [-0.1, -0.05) is 31.2 Å². The second-order valence-electron chi connectivity index (χ2n) is 5.45. The molecule has 0 bridgehead atoms. The number of fused-ring (bicyclic) bond motifs is 2. The van der Waals surface area contributed by atoms with E-state index in [-0.39, 0.29) is 5.56 Å². The molecule has 0 aliphatic rings. The number of pyridine rings is 1. The van der Waals surface area contributed by atoms with Crippen molar-refractivity contribution in [3.8, 4) is 0 Å². The first-order chi connectivity index (χ1) is 11.3. The summed E-state index contributed by atoms with van der Waals surface area (Å²) in [7, 11) is 0. The lowest BCUT2D eigenvalue weighted by molar-refractivity contribution is 0.752. The summed E-state index contributed by atoms with van der Waals surface area (Å²) < 4.78 is 1.66. The van der Waals surface area contributed by atoms with Gasteiger partial charge in [-0.25, -0.2) is 4.98 Å². The Morgan fingerprint density at radius 3 is 2.91 bits per heavy atom. The van der Waals surface area contributed by atoms with Crippen molar-refractivity contribution in [3.63, 3.8) is 0 Å². The maximum atomic E-state index is 12.7. The minimum atomic E-state index is 0.0129. The number of nitrogens with zero attached hydrogens (tertiary/aromatic N) is 3. The fourth-order valence-electron chi connectivity index (χ4n) is 2.78. The van der Waals surface area contributed by atoms with Gasteiger partial charge in [0.1, 0.15) is 4.83 Å². The highest BCUT2D eigenvalue weighted by atomic mass is 32.1. The van der Waals surface area contributed by atoms with Crippen LogP contribution in [0, 0.1) is 0 Å². The highest BCUT2D eigenvalue weighted by Gasteiger charge is 2.10. The van der Waals surface area contributed by atoms with Crippen molar-refractivity contribution in [1.82, 2.24) is 14.5 Å². The van der Waals surface area contributed by atoms with Crippen LogP contribution < -0.4 is 5.56 Å². The molecule has 1 aromatic carbocycles. The largest absolute Gasteiger partial charge is 0.294 e. The van der Waals surface area contributed by atoms with E-state index in [0.717, 1.165) is 27.7 Å². The van der Waals surface area contributed by atoms with Crippen LogP contribution in [0.2, 0.25) is 0 Å². The SMILES string of the molecule is CCc1cc2c(=O)n(Cc3cccc4cccnc34)cnc2s1. The van der Waals surface area contributed by atoms with Crippen LogP contribution in [-0.2, 0) is 13.0 Å². The Hall–Kier alpha value is -2.53. The molecule has 4 aromatic rings. The van der Waals surface area contributed by atoms with Crippen LogP contribution in [0.1, 0.15) is 17.4 Å². The summed E-state index contributed by atoms with van der Waals surface area (Å²) in [5.41, 5.74) is 1.97. The Kier molecular flexibility index (Phi) is 3.42. The van der Waals surface area contributed by atoms with E-state index in [0.29, 0.717) is 11.9 Å². The number of benzene rings is 1. The van der Waals surface area contributed by atoms with Crippen LogP contribution in [0.15, 0.2) is 53.7 Å². The van der Waals surface area contributed by atoms with Crippen LogP contribution in [0.4, 0.5) is 0 Å². The molecule has 4 rings (SSSR count). The minimum absolute atomic E-state index is 0.0129.